The molecule has 0 N–H and O–H groups in total. The maximum atomic E-state index is 4.19. The topological polar surface area (TPSA) is 6.48 Å². The maximum absolute atomic E-state index is 4.19. The van der Waals surface area contributed by atoms with Crippen molar-refractivity contribution in [3.63, 3.8) is 0 Å². The van der Waals surface area contributed by atoms with Crippen molar-refractivity contribution < 1.29 is 0 Å². The quantitative estimate of drug-likeness (QED) is 0.153. The zero-order valence-corrected chi connectivity index (χ0v) is 35.2. The van der Waals surface area contributed by atoms with Gasteiger partial charge in [0.25, 0.3) is 0 Å². The highest BCUT2D eigenvalue weighted by molar-refractivity contribution is 6.03. The molecule has 0 spiro atoms. The van der Waals surface area contributed by atoms with E-state index < -0.39 is 0 Å². The molecule has 2 heteroatoms. The van der Waals surface area contributed by atoms with Gasteiger partial charge in [0.15, 0.2) is 0 Å². The Bertz CT molecular complexity index is 2240. The highest BCUT2D eigenvalue weighted by atomic mass is 15.1. The summed E-state index contributed by atoms with van der Waals surface area (Å²) >= 11 is 0. The van der Waals surface area contributed by atoms with Crippen LogP contribution in [-0.2, 0) is 51.4 Å². The number of nitrogens with zero attached hydrogens (tertiary/aromatic N) is 2. The normalized spacial score (nSPS) is 15.1. The van der Waals surface area contributed by atoms with E-state index in [0.717, 1.165) is 18.5 Å². The molecule has 0 bridgehead atoms. The summed E-state index contributed by atoms with van der Waals surface area (Å²) in [4.78, 5) is 4.91. The fraction of sp³-hybridized carbons (Fsp3) is 0.333. The smallest absolute Gasteiger partial charge is 0.0464 e. The Labute approximate surface area is 338 Å². The van der Waals surface area contributed by atoms with E-state index in [2.05, 4.69) is 120 Å². The minimum Gasteiger partial charge on any atom is -0.311 e. The number of fused-ring (bicyclic) bond motifs is 7. The average molecular weight is 739 g/mol. The lowest BCUT2D eigenvalue weighted by Crippen LogP contribution is -2.15. The van der Waals surface area contributed by atoms with E-state index >= 15 is 0 Å². The molecule has 0 radical (unpaired) electrons. The number of hydrogen-bond donors (Lipinski definition) is 0. The second-order valence-corrected chi connectivity index (χ2v) is 15.0. The van der Waals surface area contributed by atoms with Crippen LogP contribution >= 0.6 is 0 Å². The van der Waals surface area contributed by atoms with Crippen LogP contribution in [0.25, 0.3) is 11.1 Å². The highest BCUT2D eigenvalue weighted by Gasteiger charge is 2.31. The van der Waals surface area contributed by atoms with Crippen LogP contribution < -0.4 is 9.80 Å². The molecule has 288 valence electrons. The Hall–Kier alpha value is -5.08. The molecule has 0 amide bonds. The van der Waals surface area contributed by atoms with Crippen LogP contribution in [0.3, 0.4) is 0 Å². The van der Waals surface area contributed by atoms with Crippen LogP contribution in [-0.4, -0.2) is 0 Å². The highest BCUT2D eigenvalue weighted by Crippen LogP contribution is 2.50. The standard InChI is InChI=1S/C48H44N2.3C2H6/c1-3-39(4-2)49(40-17-14-31-8-5-11-34(31)24-40)43-20-22-45-37(27-43)29-47-46-23-21-44(28-38(46)30-48(45)47)50(41-18-15-32-9-6-12-35(32)25-41)42-19-16-33-10-7-13-36(33)26-42;3*1-2/h3-4,14-28H,1,5-13,29-30H2,2H3;3*1-2H3/b39-4+;;;. The molecule has 0 unspecified atom stereocenters. The monoisotopic (exact) mass is 738 g/mol. The average Bonchev–Trinajstić information content (AvgIpc) is 4.11. The molecule has 0 atom stereocenters. The predicted molar refractivity (Wildman–Crippen MR) is 244 cm³/mol. The van der Waals surface area contributed by atoms with Crippen molar-refractivity contribution in [2.75, 3.05) is 9.80 Å². The van der Waals surface area contributed by atoms with Gasteiger partial charge in [0.1, 0.15) is 0 Å². The molecule has 10 rings (SSSR count). The zero-order chi connectivity index (χ0) is 39.3. The molecule has 0 fully saturated rings. The molecule has 5 aromatic rings. The minimum atomic E-state index is 0.988. The van der Waals surface area contributed by atoms with E-state index in [9.17, 15) is 0 Å². The molecule has 56 heavy (non-hydrogen) atoms. The van der Waals surface area contributed by atoms with Crippen molar-refractivity contribution in [1.82, 2.24) is 0 Å². The van der Waals surface area contributed by atoms with Gasteiger partial charge in [-0.1, -0.05) is 84.5 Å². The van der Waals surface area contributed by atoms with Gasteiger partial charge in [-0.05, 0) is 211 Å². The summed E-state index contributed by atoms with van der Waals surface area (Å²) in [5, 5.41) is 0. The molecule has 5 aliphatic rings. The number of anilines is 5. The van der Waals surface area contributed by atoms with Gasteiger partial charge in [-0.25, -0.2) is 0 Å². The summed E-state index contributed by atoms with van der Waals surface area (Å²) in [5.74, 6) is 0. The van der Waals surface area contributed by atoms with Crippen LogP contribution in [0.4, 0.5) is 28.4 Å². The third-order valence-electron chi connectivity index (χ3n) is 12.2. The first kappa shape index (κ1) is 39.2. The van der Waals surface area contributed by atoms with Crippen molar-refractivity contribution >= 4 is 39.6 Å². The molecule has 2 nitrogen and oxygen atoms in total. The minimum absolute atomic E-state index is 0.988. The number of rotatable bonds is 7. The Morgan fingerprint density at radius 3 is 1.21 bits per heavy atom. The number of aryl methyl sites for hydroxylation is 6. The summed E-state index contributed by atoms with van der Waals surface area (Å²) in [5.41, 5.74) is 25.3. The van der Waals surface area contributed by atoms with Gasteiger partial charge in [-0.2, -0.15) is 0 Å². The molecule has 0 aliphatic heterocycles. The predicted octanol–water partition coefficient (Wildman–Crippen LogP) is 15.0. The Kier molecular flexibility index (Phi) is 12.2. The van der Waals surface area contributed by atoms with Crippen LogP contribution in [0, 0.1) is 0 Å². The van der Waals surface area contributed by atoms with Crippen molar-refractivity contribution in [2.45, 2.75) is 119 Å². The molecule has 0 saturated heterocycles. The van der Waals surface area contributed by atoms with E-state index in [1.165, 1.54) is 153 Å². The van der Waals surface area contributed by atoms with Crippen LogP contribution in [0.15, 0.2) is 115 Å². The molecule has 5 aliphatic carbocycles. The largest absolute Gasteiger partial charge is 0.311 e. The van der Waals surface area contributed by atoms with Crippen LogP contribution in [0.1, 0.15) is 123 Å². The van der Waals surface area contributed by atoms with Crippen molar-refractivity contribution in [1.29, 1.82) is 0 Å². The van der Waals surface area contributed by atoms with Gasteiger partial charge < -0.3 is 9.80 Å². The fourth-order valence-corrected chi connectivity index (χ4v) is 9.75. The summed E-state index contributed by atoms with van der Waals surface area (Å²) in [6, 6.07) is 35.9. The van der Waals surface area contributed by atoms with Crippen molar-refractivity contribution in [3.8, 4) is 0 Å². The first-order valence-electron chi connectivity index (χ1n) is 21.9. The lowest BCUT2D eigenvalue weighted by molar-refractivity contribution is 0.911. The van der Waals surface area contributed by atoms with Gasteiger partial charge in [0.2, 0.25) is 0 Å². The SMILES string of the molecule is C=C/C(=C\C)N(c1ccc2c(c1)CCC2)c1ccc2c(c1)CC1=C2Cc2cc(N(c3ccc4c(c3)CCC4)c3ccc4c(c3)CCC4)ccc21.CC.CC.CC. The third kappa shape index (κ3) is 7.08. The third-order valence-corrected chi connectivity index (χ3v) is 12.2. The first-order valence-corrected chi connectivity index (χ1v) is 21.9. The van der Waals surface area contributed by atoms with Gasteiger partial charge in [0.05, 0.1) is 0 Å². The summed E-state index contributed by atoms with van der Waals surface area (Å²) in [7, 11) is 0. The second kappa shape index (κ2) is 17.4. The van der Waals surface area contributed by atoms with E-state index in [-0.39, 0.29) is 0 Å². The summed E-state index contributed by atoms with van der Waals surface area (Å²) in [6.45, 7) is 18.3. The lowest BCUT2D eigenvalue weighted by Gasteiger charge is -2.28. The summed E-state index contributed by atoms with van der Waals surface area (Å²) in [6.07, 6.45) is 17.1. The maximum Gasteiger partial charge on any atom is 0.0464 e. The van der Waals surface area contributed by atoms with Crippen molar-refractivity contribution in [2.24, 2.45) is 0 Å². The molecule has 0 aromatic heterocycles. The molecular weight excluding hydrogens is 677 g/mol. The molecule has 0 saturated carbocycles. The van der Waals surface area contributed by atoms with E-state index in [1.54, 1.807) is 0 Å². The van der Waals surface area contributed by atoms with Gasteiger partial charge in [0, 0.05) is 34.1 Å². The van der Waals surface area contributed by atoms with Gasteiger partial charge >= 0.3 is 0 Å². The molecular formula is C54H62N2. The lowest BCUT2D eigenvalue weighted by atomic mass is 9.97. The molecule has 0 heterocycles. The zero-order valence-electron chi connectivity index (χ0n) is 35.2. The van der Waals surface area contributed by atoms with E-state index in [4.69, 9.17) is 0 Å². The number of benzene rings is 5. The van der Waals surface area contributed by atoms with Crippen LogP contribution in [0.2, 0.25) is 0 Å². The fourth-order valence-electron chi connectivity index (χ4n) is 9.75. The first-order chi connectivity index (χ1) is 27.6. The van der Waals surface area contributed by atoms with Crippen molar-refractivity contribution in [3.05, 3.63) is 171 Å². The van der Waals surface area contributed by atoms with E-state index in [1.807, 2.05) is 47.6 Å². The van der Waals surface area contributed by atoms with Crippen LogP contribution in [0.5, 0.6) is 0 Å². The van der Waals surface area contributed by atoms with E-state index in [0.29, 0.717) is 0 Å². The Morgan fingerprint density at radius 1 is 0.446 bits per heavy atom. The number of allylic oxidation sites excluding steroid dienone is 4. The number of hydrogen-bond acceptors (Lipinski definition) is 2. The Balaban J connectivity index is 0.000000766. The summed E-state index contributed by atoms with van der Waals surface area (Å²) < 4.78 is 0. The van der Waals surface area contributed by atoms with Gasteiger partial charge in [-0.15, -0.1) is 0 Å². The second-order valence-electron chi connectivity index (χ2n) is 15.0. The molecule has 5 aromatic carbocycles. The van der Waals surface area contributed by atoms with Gasteiger partial charge in [-0.3, -0.25) is 0 Å². The Morgan fingerprint density at radius 2 is 0.786 bits per heavy atom.